The van der Waals surface area contributed by atoms with Crippen LogP contribution in [-0.2, 0) is 4.79 Å². The maximum Gasteiger partial charge on any atom is 0.328 e. The summed E-state index contributed by atoms with van der Waals surface area (Å²) < 4.78 is 0. The molecule has 76 valence electrons. The van der Waals surface area contributed by atoms with Crippen molar-refractivity contribution in [2.75, 3.05) is 5.73 Å². The van der Waals surface area contributed by atoms with Crippen LogP contribution in [0.1, 0.15) is 5.56 Å². The lowest BCUT2D eigenvalue weighted by Gasteiger charge is -1.94. The summed E-state index contributed by atoms with van der Waals surface area (Å²) in [6.07, 6.45) is 4.40. The Morgan fingerprint density at radius 3 is 3.00 bits per heavy atom. The number of nitrogens with two attached hydrogens (primary N) is 1. The van der Waals surface area contributed by atoms with Crippen molar-refractivity contribution in [3.05, 3.63) is 36.0 Å². The molecule has 0 unspecified atom stereocenters. The molecule has 0 fully saturated rings. The summed E-state index contributed by atoms with van der Waals surface area (Å²) >= 11 is 0. The number of fused-ring (bicyclic) bond motifs is 1. The van der Waals surface area contributed by atoms with E-state index in [4.69, 9.17) is 10.8 Å². The van der Waals surface area contributed by atoms with Gasteiger partial charge in [-0.3, -0.25) is 0 Å². The van der Waals surface area contributed by atoms with E-state index in [9.17, 15) is 4.79 Å². The molecule has 0 saturated carbocycles. The molecular formula is C11H10N2O2. The van der Waals surface area contributed by atoms with Gasteiger partial charge in [0.1, 0.15) is 0 Å². The van der Waals surface area contributed by atoms with Gasteiger partial charge in [-0.05, 0) is 24.3 Å². The molecule has 2 rings (SSSR count). The van der Waals surface area contributed by atoms with Gasteiger partial charge in [-0.15, -0.1) is 0 Å². The van der Waals surface area contributed by atoms with Gasteiger partial charge < -0.3 is 15.8 Å². The van der Waals surface area contributed by atoms with Crippen LogP contribution >= 0.6 is 0 Å². The Morgan fingerprint density at radius 2 is 2.27 bits per heavy atom. The molecule has 4 nitrogen and oxygen atoms in total. The van der Waals surface area contributed by atoms with Gasteiger partial charge in [0.05, 0.1) is 0 Å². The van der Waals surface area contributed by atoms with Crippen molar-refractivity contribution in [3.8, 4) is 0 Å². The summed E-state index contributed by atoms with van der Waals surface area (Å²) in [4.78, 5) is 13.4. The van der Waals surface area contributed by atoms with E-state index >= 15 is 0 Å². The van der Waals surface area contributed by atoms with E-state index in [2.05, 4.69) is 4.98 Å². The summed E-state index contributed by atoms with van der Waals surface area (Å²) in [5.74, 6) is -0.965. The molecular weight excluding hydrogens is 192 g/mol. The molecule has 2 aromatic rings. The number of rotatable bonds is 2. The van der Waals surface area contributed by atoms with E-state index in [1.807, 2.05) is 12.1 Å². The van der Waals surface area contributed by atoms with Crippen LogP contribution in [0.4, 0.5) is 5.69 Å². The Kier molecular flexibility index (Phi) is 2.17. The van der Waals surface area contributed by atoms with Crippen molar-refractivity contribution in [2.24, 2.45) is 0 Å². The molecule has 0 radical (unpaired) electrons. The largest absolute Gasteiger partial charge is 0.478 e. The highest BCUT2D eigenvalue weighted by Gasteiger charge is 2.01. The zero-order valence-corrected chi connectivity index (χ0v) is 7.90. The molecule has 0 amide bonds. The van der Waals surface area contributed by atoms with E-state index in [1.54, 1.807) is 18.3 Å². The molecule has 0 bridgehead atoms. The fourth-order valence-electron chi connectivity index (χ4n) is 1.46. The molecule has 15 heavy (non-hydrogen) atoms. The number of aromatic nitrogens is 1. The number of H-pyrrole nitrogens is 1. The standard InChI is InChI=1S/C11H10N2O2/c12-8-2-3-10-9(5-8)7(6-13-10)1-4-11(14)15/h1-6,13H,12H2,(H,14,15)/b4-1-. The molecule has 0 aliphatic carbocycles. The average molecular weight is 202 g/mol. The summed E-state index contributed by atoms with van der Waals surface area (Å²) in [5, 5.41) is 9.44. The van der Waals surface area contributed by atoms with Crippen LogP contribution in [0.5, 0.6) is 0 Å². The van der Waals surface area contributed by atoms with E-state index in [-0.39, 0.29) is 0 Å². The second-order valence-electron chi connectivity index (χ2n) is 3.22. The molecule has 1 aromatic heterocycles. The highest BCUT2D eigenvalue weighted by Crippen LogP contribution is 2.21. The van der Waals surface area contributed by atoms with Crippen molar-refractivity contribution < 1.29 is 9.90 Å². The maximum atomic E-state index is 10.4. The quantitative estimate of drug-likeness (QED) is 0.513. The van der Waals surface area contributed by atoms with Crippen LogP contribution in [0.15, 0.2) is 30.5 Å². The molecule has 4 N–H and O–H groups in total. The minimum atomic E-state index is -0.965. The van der Waals surface area contributed by atoms with Gasteiger partial charge in [0.25, 0.3) is 0 Å². The van der Waals surface area contributed by atoms with Crippen LogP contribution in [-0.4, -0.2) is 16.1 Å². The lowest BCUT2D eigenvalue weighted by molar-refractivity contribution is -0.131. The topological polar surface area (TPSA) is 79.1 Å². The third-order valence-corrected chi connectivity index (χ3v) is 2.14. The van der Waals surface area contributed by atoms with E-state index in [1.165, 1.54) is 0 Å². The van der Waals surface area contributed by atoms with Crippen molar-refractivity contribution in [3.63, 3.8) is 0 Å². The van der Waals surface area contributed by atoms with Gasteiger partial charge >= 0.3 is 5.97 Å². The number of nitrogens with one attached hydrogen (secondary N) is 1. The Bertz CT molecular complexity index is 541. The molecule has 0 aliphatic heterocycles. The average Bonchev–Trinajstić information content (AvgIpc) is 2.57. The first-order valence-corrected chi connectivity index (χ1v) is 4.44. The molecule has 0 atom stereocenters. The van der Waals surface area contributed by atoms with E-state index in [0.29, 0.717) is 5.69 Å². The first-order chi connectivity index (χ1) is 7.16. The number of carboxylic acid groups (broad SMARTS) is 1. The molecule has 0 aliphatic rings. The molecule has 0 spiro atoms. The number of aliphatic carboxylic acids is 1. The number of carbonyl (C=O) groups is 1. The summed E-state index contributed by atoms with van der Waals surface area (Å²) in [6, 6.07) is 5.47. The smallest absolute Gasteiger partial charge is 0.328 e. The van der Waals surface area contributed by atoms with Crippen molar-refractivity contribution in [1.29, 1.82) is 0 Å². The highest BCUT2D eigenvalue weighted by atomic mass is 16.4. The van der Waals surface area contributed by atoms with Crippen LogP contribution in [0.2, 0.25) is 0 Å². The van der Waals surface area contributed by atoms with Crippen LogP contribution < -0.4 is 5.73 Å². The fraction of sp³-hybridized carbons (Fsp3) is 0. The lowest BCUT2D eigenvalue weighted by atomic mass is 10.1. The second kappa shape index (κ2) is 3.49. The predicted octanol–water partition coefficient (Wildman–Crippen LogP) is 1.85. The fourth-order valence-corrected chi connectivity index (χ4v) is 1.46. The van der Waals surface area contributed by atoms with Gasteiger partial charge in [-0.2, -0.15) is 0 Å². The second-order valence-corrected chi connectivity index (χ2v) is 3.22. The highest BCUT2D eigenvalue weighted by molar-refractivity contribution is 5.94. The number of benzene rings is 1. The number of hydrogen-bond acceptors (Lipinski definition) is 2. The molecule has 1 heterocycles. The SMILES string of the molecule is Nc1ccc2[nH]cc(/C=C\C(=O)O)c2c1. The van der Waals surface area contributed by atoms with Crippen molar-refractivity contribution in [1.82, 2.24) is 4.98 Å². The van der Waals surface area contributed by atoms with Crippen LogP contribution in [0.25, 0.3) is 17.0 Å². The number of hydrogen-bond donors (Lipinski definition) is 3. The minimum Gasteiger partial charge on any atom is -0.478 e. The zero-order valence-electron chi connectivity index (χ0n) is 7.90. The molecule has 4 heteroatoms. The summed E-state index contributed by atoms with van der Waals surface area (Å²) in [5.41, 5.74) is 8.07. The van der Waals surface area contributed by atoms with E-state index < -0.39 is 5.97 Å². The first kappa shape index (κ1) is 9.33. The van der Waals surface area contributed by atoms with Gasteiger partial charge in [0.15, 0.2) is 0 Å². The van der Waals surface area contributed by atoms with Crippen LogP contribution in [0.3, 0.4) is 0 Å². The predicted molar refractivity (Wildman–Crippen MR) is 59.4 cm³/mol. The number of aromatic amines is 1. The third-order valence-electron chi connectivity index (χ3n) is 2.14. The van der Waals surface area contributed by atoms with Gasteiger partial charge in [0, 0.05) is 34.4 Å². The third kappa shape index (κ3) is 1.83. The van der Waals surface area contributed by atoms with Gasteiger partial charge in [0.2, 0.25) is 0 Å². The lowest BCUT2D eigenvalue weighted by Crippen LogP contribution is -1.85. The van der Waals surface area contributed by atoms with Crippen molar-refractivity contribution >= 4 is 28.6 Å². The summed E-state index contributed by atoms with van der Waals surface area (Å²) in [7, 11) is 0. The first-order valence-electron chi connectivity index (χ1n) is 4.44. The Morgan fingerprint density at radius 1 is 1.47 bits per heavy atom. The zero-order chi connectivity index (χ0) is 10.8. The number of nitrogen functional groups attached to an aromatic ring is 1. The Hall–Kier alpha value is -2.23. The normalized spacial score (nSPS) is 11.2. The summed E-state index contributed by atoms with van der Waals surface area (Å²) in [6.45, 7) is 0. The van der Waals surface area contributed by atoms with Gasteiger partial charge in [-0.1, -0.05) is 0 Å². The van der Waals surface area contributed by atoms with Gasteiger partial charge in [-0.25, -0.2) is 4.79 Å². The van der Waals surface area contributed by atoms with Crippen molar-refractivity contribution in [2.45, 2.75) is 0 Å². The number of carboxylic acids is 1. The molecule has 0 saturated heterocycles. The molecule has 1 aromatic carbocycles. The van der Waals surface area contributed by atoms with Crippen LogP contribution in [0, 0.1) is 0 Å². The van der Waals surface area contributed by atoms with E-state index in [0.717, 1.165) is 22.5 Å². The number of anilines is 1. The minimum absolute atomic E-state index is 0.659. The Balaban J connectivity index is 2.52. The maximum absolute atomic E-state index is 10.4. The Labute approximate surface area is 86.0 Å². The monoisotopic (exact) mass is 202 g/mol.